The third-order valence-electron chi connectivity index (χ3n) is 1.43. The van der Waals surface area contributed by atoms with Crippen molar-refractivity contribution in [1.29, 1.82) is 0 Å². The van der Waals surface area contributed by atoms with Gasteiger partial charge in [-0.1, -0.05) is 24.8 Å². The van der Waals surface area contributed by atoms with Crippen LogP contribution in [0.1, 0.15) is 5.56 Å². The Morgan fingerprint density at radius 2 is 1.80 bits per heavy atom. The van der Waals surface area contributed by atoms with Crippen molar-refractivity contribution in [2.75, 3.05) is 0 Å². The van der Waals surface area contributed by atoms with Crippen molar-refractivity contribution >= 4 is 30.0 Å². The third kappa shape index (κ3) is 5.15. The van der Waals surface area contributed by atoms with E-state index in [9.17, 15) is 13.2 Å². The quantitative estimate of drug-likeness (QED) is 0.809. The lowest BCUT2D eigenvalue weighted by molar-refractivity contribution is -0.0331. The molecule has 82 valence electrons. The molecule has 0 bridgehead atoms. The molecule has 0 aromatic heterocycles. The summed E-state index contributed by atoms with van der Waals surface area (Å²) in [6.45, 7) is 3.58. The zero-order valence-corrected chi connectivity index (χ0v) is 9.18. The first-order chi connectivity index (χ1) is 7.01. The average molecular weight is 251 g/mol. The van der Waals surface area contributed by atoms with E-state index < -0.39 is 5.51 Å². The van der Waals surface area contributed by atoms with E-state index >= 15 is 0 Å². The van der Waals surface area contributed by atoms with Crippen molar-refractivity contribution in [3.05, 3.63) is 36.4 Å². The summed E-state index contributed by atoms with van der Waals surface area (Å²) in [7, 11) is 0. The van der Waals surface area contributed by atoms with E-state index in [1.165, 1.54) is 0 Å². The van der Waals surface area contributed by atoms with Crippen LogP contribution in [0.4, 0.5) is 13.2 Å². The molecule has 0 spiro atoms. The second-order valence-electron chi connectivity index (χ2n) is 2.51. The first-order valence-electron chi connectivity index (χ1n) is 3.90. The van der Waals surface area contributed by atoms with Crippen molar-refractivity contribution in [2.45, 2.75) is 10.4 Å². The molecule has 0 heterocycles. The van der Waals surface area contributed by atoms with Gasteiger partial charge in [-0.15, -0.1) is 0 Å². The van der Waals surface area contributed by atoms with Crippen molar-refractivity contribution in [3.63, 3.8) is 0 Å². The van der Waals surface area contributed by atoms with Gasteiger partial charge in [0, 0.05) is 16.8 Å². The minimum atomic E-state index is -4.26. The highest BCUT2D eigenvalue weighted by Crippen LogP contribution is 2.30. The van der Waals surface area contributed by atoms with E-state index in [1.54, 1.807) is 30.3 Å². The number of rotatable bonds is 4. The topological polar surface area (TPSA) is 12.0 Å². The molecular weight excluding hydrogens is 243 g/mol. The highest BCUT2D eigenvalue weighted by atomic mass is 32.2. The molecule has 0 atom stereocenters. The smallest absolute Gasteiger partial charge is 0.196 e. The van der Waals surface area contributed by atoms with Crippen LogP contribution < -0.4 is 4.13 Å². The van der Waals surface area contributed by atoms with Gasteiger partial charge in [-0.05, 0) is 29.6 Å². The van der Waals surface area contributed by atoms with Crippen molar-refractivity contribution < 1.29 is 13.2 Å². The number of hydrogen-bond donors (Lipinski definition) is 1. The molecule has 0 radical (unpaired) electrons. The summed E-state index contributed by atoms with van der Waals surface area (Å²) in [5.41, 5.74) is -3.32. The second kappa shape index (κ2) is 5.48. The van der Waals surface area contributed by atoms with E-state index in [-0.39, 0.29) is 11.9 Å². The van der Waals surface area contributed by atoms with Crippen LogP contribution >= 0.6 is 23.9 Å². The van der Waals surface area contributed by atoms with E-state index in [0.717, 1.165) is 22.4 Å². The summed E-state index contributed by atoms with van der Waals surface area (Å²) in [5, 5.41) is 0. The summed E-state index contributed by atoms with van der Waals surface area (Å²) in [5.74, 6) is 0. The number of halogens is 3. The largest absolute Gasteiger partial charge is 0.457 e. The van der Waals surface area contributed by atoms with E-state index in [1.807, 2.05) is 0 Å². The molecule has 0 amide bonds. The Kier molecular flexibility index (Phi) is 4.56. The van der Waals surface area contributed by atoms with Crippen molar-refractivity contribution in [2.24, 2.45) is 0 Å². The molecule has 0 aliphatic rings. The molecule has 1 nitrogen and oxygen atoms in total. The molecule has 1 N–H and O–H groups in total. The van der Waals surface area contributed by atoms with Gasteiger partial charge in [-0.25, -0.2) is 0 Å². The molecule has 0 unspecified atom stereocenters. The van der Waals surface area contributed by atoms with Crippen LogP contribution in [0.5, 0.6) is 0 Å². The van der Waals surface area contributed by atoms with Gasteiger partial charge >= 0.3 is 5.51 Å². The van der Waals surface area contributed by atoms with Gasteiger partial charge in [-0.3, -0.25) is 0 Å². The fourth-order valence-corrected chi connectivity index (χ4v) is 1.99. The molecule has 15 heavy (non-hydrogen) atoms. The predicted molar refractivity (Wildman–Crippen MR) is 59.2 cm³/mol. The Bertz CT molecular complexity index is 321. The minimum Gasteiger partial charge on any atom is -0.196 e. The normalized spacial score (nSPS) is 11.4. The Hall–Kier alpha value is -0.590. The second-order valence-corrected chi connectivity index (χ2v) is 4.52. The predicted octanol–water partition coefficient (Wildman–Crippen LogP) is 4.09. The van der Waals surface area contributed by atoms with Gasteiger partial charge in [0.15, 0.2) is 0 Å². The van der Waals surface area contributed by atoms with Gasteiger partial charge in [0.1, 0.15) is 0 Å². The Morgan fingerprint density at radius 3 is 2.27 bits per heavy atom. The maximum atomic E-state index is 11.8. The Balaban J connectivity index is 2.41. The third-order valence-corrected chi connectivity index (χ3v) is 2.84. The Labute approximate surface area is 94.4 Å². The van der Waals surface area contributed by atoms with Crippen molar-refractivity contribution in [3.8, 4) is 0 Å². The molecule has 1 aromatic rings. The Morgan fingerprint density at radius 1 is 1.20 bits per heavy atom. The molecule has 1 rings (SSSR count). The van der Waals surface area contributed by atoms with Crippen LogP contribution in [0.25, 0.3) is 6.08 Å². The molecule has 1 aromatic carbocycles. The fraction of sp³-hybridized carbons (Fsp3) is 0.111. The molecule has 6 heteroatoms. The van der Waals surface area contributed by atoms with Crippen molar-refractivity contribution in [1.82, 2.24) is 4.13 Å². The standard InChI is InChI=1S/C9H8F3NS2/c1-2-7-3-5-8(6-4-7)14-13-15-9(10,11)12/h2-6,13H,1H2. The summed E-state index contributed by atoms with van der Waals surface area (Å²) in [6, 6.07) is 7.03. The number of hydrogen-bond acceptors (Lipinski definition) is 3. The molecule has 0 aliphatic carbocycles. The number of nitrogens with one attached hydrogen (secondary N) is 1. The molecule has 0 saturated carbocycles. The van der Waals surface area contributed by atoms with E-state index in [2.05, 4.69) is 10.7 Å². The van der Waals surface area contributed by atoms with Crippen LogP contribution in [0.2, 0.25) is 0 Å². The lowest BCUT2D eigenvalue weighted by atomic mass is 10.2. The van der Waals surface area contributed by atoms with E-state index in [4.69, 9.17) is 0 Å². The summed E-state index contributed by atoms with van der Waals surface area (Å²) >= 11 is 0.656. The highest BCUT2D eigenvalue weighted by Gasteiger charge is 2.28. The maximum Gasteiger partial charge on any atom is 0.457 e. The fourth-order valence-electron chi connectivity index (χ4n) is 0.788. The number of alkyl halides is 3. The first-order valence-corrected chi connectivity index (χ1v) is 5.53. The van der Waals surface area contributed by atoms with Crippen LogP contribution in [0.15, 0.2) is 35.7 Å². The van der Waals surface area contributed by atoms with Gasteiger partial charge in [-0.2, -0.15) is 17.3 Å². The lowest BCUT2D eigenvalue weighted by Crippen LogP contribution is -2.06. The summed E-state index contributed by atoms with van der Waals surface area (Å²) < 4.78 is 37.4. The van der Waals surface area contributed by atoms with Crippen LogP contribution in [-0.4, -0.2) is 5.51 Å². The van der Waals surface area contributed by atoms with Crippen LogP contribution in [0, 0.1) is 0 Å². The summed E-state index contributed by atoms with van der Waals surface area (Å²) in [4.78, 5) is 0.720. The monoisotopic (exact) mass is 251 g/mol. The molecule has 0 aliphatic heterocycles. The molecular formula is C9H8F3NS2. The summed E-state index contributed by atoms with van der Waals surface area (Å²) in [6.07, 6.45) is 1.67. The van der Waals surface area contributed by atoms with Crippen LogP contribution in [0.3, 0.4) is 0 Å². The first kappa shape index (κ1) is 12.5. The van der Waals surface area contributed by atoms with Gasteiger partial charge in [0.2, 0.25) is 0 Å². The molecule has 0 fully saturated rings. The van der Waals surface area contributed by atoms with Gasteiger partial charge in [0.05, 0.1) is 0 Å². The average Bonchev–Trinajstić information content (AvgIpc) is 2.17. The zero-order valence-electron chi connectivity index (χ0n) is 7.54. The van der Waals surface area contributed by atoms with Gasteiger partial charge in [0.25, 0.3) is 0 Å². The van der Waals surface area contributed by atoms with E-state index in [0.29, 0.717) is 0 Å². The minimum absolute atomic E-state index is 0.269. The SMILES string of the molecule is C=Cc1ccc(SNSC(F)(F)F)cc1. The van der Waals surface area contributed by atoms with Gasteiger partial charge < -0.3 is 0 Å². The number of benzene rings is 1. The van der Waals surface area contributed by atoms with Crippen LogP contribution in [-0.2, 0) is 0 Å². The molecule has 0 saturated heterocycles. The zero-order chi connectivity index (χ0) is 11.3. The maximum absolute atomic E-state index is 11.8. The lowest BCUT2D eigenvalue weighted by Gasteiger charge is -2.05. The highest BCUT2D eigenvalue weighted by molar-refractivity contribution is 8.13.